The lowest BCUT2D eigenvalue weighted by molar-refractivity contribution is 0.326. The average Bonchev–Trinajstić information content (AvgIpc) is 2.88. The SMILES string of the molecule is c1ccc(CCNCC2COc3ccccc32)nc1. The normalized spacial score (nSPS) is 16.9. The smallest absolute Gasteiger partial charge is 0.122 e. The van der Waals surface area contributed by atoms with E-state index in [0.717, 1.165) is 37.6 Å². The van der Waals surface area contributed by atoms with Crippen LogP contribution in [0.5, 0.6) is 5.75 Å². The Labute approximate surface area is 113 Å². The van der Waals surface area contributed by atoms with Crippen LogP contribution in [0.2, 0.25) is 0 Å². The van der Waals surface area contributed by atoms with Gasteiger partial charge < -0.3 is 10.1 Å². The first kappa shape index (κ1) is 12.2. The summed E-state index contributed by atoms with van der Waals surface area (Å²) in [6.45, 7) is 2.70. The summed E-state index contributed by atoms with van der Waals surface area (Å²) in [4.78, 5) is 4.32. The van der Waals surface area contributed by atoms with Gasteiger partial charge in [0.15, 0.2) is 0 Å². The molecule has 3 heteroatoms. The molecule has 98 valence electrons. The molecule has 1 aromatic heterocycles. The second kappa shape index (κ2) is 5.85. The maximum atomic E-state index is 5.67. The van der Waals surface area contributed by atoms with Gasteiger partial charge in [0.05, 0.1) is 6.61 Å². The number of nitrogens with zero attached hydrogens (tertiary/aromatic N) is 1. The van der Waals surface area contributed by atoms with Crippen LogP contribution in [-0.4, -0.2) is 24.7 Å². The van der Waals surface area contributed by atoms with Crippen molar-refractivity contribution in [3.8, 4) is 5.75 Å². The molecule has 0 amide bonds. The van der Waals surface area contributed by atoms with Crippen molar-refractivity contribution in [3.63, 3.8) is 0 Å². The number of para-hydroxylation sites is 1. The molecule has 1 N–H and O–H groups in total. The molecular weight excluding hydrogens is 236 g/mol. The molecule has 0 radical (unpaired) electrons. The molecule has 0 aliphatic carbocycles. The molecule has 1 aromatic carbocycles. The quantitative estimate of drug-likeness (QED) is 0.832. The molecule has 2 aromatic rings. The van der Waals surface area contributed by atoms with E-state index in [1.807, 2.05) is 30.5 Å². The van der Waals surface area contributed by atoms with Gasteiger partial charge in [-0.2, -0.15) is 0 Å². The Morgan fingerprint density at radius 2 is 2.05 bits per heavy atom. The highest BCUT2D eigenvalue weighted by atomic mass is 16.5. The van der Waals surface area contributed by atoms with Crippen molar-refractivity contribution in [2.24, 2.45) is 0 Å². The molecular formula is C16H18N2O. The first-order valence-electron chi connectivity index (χ1n) is 6.76. The molecule has 1 atom stereocenters. The van der Waals surface area contributed by atoms with Gasteiger partial charge in [0.2, 0.25) is 0 Å². The highest BCUT2D eigenvalue weighted by Crippen LogP contribution is 2.32. The number of ether oxygens (including phenoxy) is 1. The van der Waals surface area contributed by atoms with Crippen LogP contribution in [0, 0.1) is 0 Å². The zero-order valence-electron chi connectivity index (χ0n) is 10.9. The Hall–Kier alpha value is -1.87. The Kier molecular flexibility index (Phi) is 3.75. The summed E-state index contributed by atoms with van der Waals surface area (Å²) in [5.74, 6) is 1.51. The summed E-state index contributed by atoms with van der Waals surface area (Å²) < 4.78 is 5.67. The summed E-state index contributed by atoms with van der Waals surface area (Å²) >= 11 is 0. The molecule has 1 unspecified atom stereocenters. The van der Waals surface area contributed by atoms with E-state index in [1.54, 1.807) is 0 Å². The number of pyridine rings is 1. The van der Waals surface area contributed by atoms with E-state index in [4.69, 9.17) is 4.74 Å². The summed E-state index contributed by atoms with van der Waals surface area (Å²) in [6, 6.07) is 14.4. The summed E-state index contributed by atoms with van der Waals surface area (Å²) in [7, 11) is 0. The summed E-state index contributed by atoms with van der Waals surface area (Å²) in [6.07, 6.45) is 2.81. The fraction of sp³-hybridized carbons (Fsp3) is 0.312. The van der Waals surface area contributed by atoms with E-state index in [1.165, 1.54) is 5.56 Å². The van der Waals surface area contributed by atoms with E-state index in [0.29, 0.717) is 5.92 Å². The third-order valence-electron chi connectivity index (χ3n) is 3.47. The van der Waals surface area contributed by atoms with Gasteiger partial charge >= 0.3 is 0 Å². The van der Waals surface area contributed by atoms with Crippen LogP contribution in [0.15, 0.2) is 48.7 Å². The Balaban J connectivity index is 1.47. The topological polar surface area (TPSA) is 34.1 Å². The first-order chi connectivity index (χ1) is 9.43. The van der Waals surface area contributed by atoms with E-state index in [2.05, 4.69) is 28.5 Å². The Bertz CT molecular complexity index is 527. The third-order valence-corrected chi connectivity index (χ3v) is 3.47. The molecule has 1 aliphatic rings. The largest absolute Gasteiger partial charge is 0.493 e. The maximum Gasteiger partial charge on any atom is 0.122 e. The molecule has 0 spiro atoms. The minimum Gasteiger partial charge on any atom is -0.493 e. The van der Waals surface area contributed by atoms with Gasteiger partial charge in [-0.05, 0) is 18.2 Å². The van der Waals surface area contributed by atoms with E-state index < -0.39 is 0 Å². The van der Waals surface area contributed by atoms with E-state index in [-0.39, 0.29) is 0 Å². The highest BCUT2D eigenvalue weighted by molar-refractivity contribution is 5.39. The lowest BCUT2D eigenvalue weighted by atomic mass is 10.0. The van der Waals surface area contributed by atoms with Crippen LogP contribution in [0.25, 0.3) is 0 Å². The van der Waals surface area contributed by atoms with E-state index >= 15 is 0 Å². The van der Waals surface area contributed by atoms with Crippen molar-refractivity contribution in [1.82, 2.24) is 10.3 Å². The van der Waals surface area contributed by atoms with Gasteiger partial charge in [-0.15, -0.1) is 0 Å². The highest BCUT2D eigenvalue weighted by Gasteiger charge is 2.22. The molecule has 0 fully saturated rings. The lowest BCUT2D eigenvalue weighted by Crippen LogP contribution is -2.24. The van der Waals surface area contributed by atoms with Crippen molar-refractivity contribution in [2.75, 3.05) is 19.7 Å². The fourth-order valence-electron chi connectivity index (χ4n) is 2.44. The number of hydrogen-bond donors (Lipinski definition) is 1. The predicted molar refractivity (Wildman–Crippen MR) is 75.5 cm³/mol. The minimum atomic E-state index is 0.472. The molecule has 1 aliphatic heterocycles. The second-order valence-corrected chi connectivity index (χ2v) is 4.82. The van der Waals surface area contributed by atoms with Crippen LogP contribution in [0.4, 0.5) is 0 Å². The molecule has 3 nitrogen and oxygen atoms in total. The minimum absolute atomic E-state index is 0.472. The molecule has 0 saturated heterocycles. The van der Waals surface area contributed by atoms with E-state index in [9.17, 15) is 0 Å². The monoisotopic (exact) mass is 254 g/mol. The molecule has 3 rings (SSSR count). The predicted octanol–water partition coefficient (Wildman–Crippen LogP) is 2.39. The van der Waals surface area contributed by atoms with Crippen molar-refractivity contribution in [1.29, 1.82) is 0 Å². The summed E-state index contributed by atoms with van der Waals surface area (Å²) in [5, 5.41) is 3.50. The van der Waals surface area contributed by atoms with Gasteiger partial charge in [-0.25, -0.2) is 0 Å². The molecule has 19 heavy (non-hydrogen) atoms. The zero-order valence-corrected chi connectivity index (χ0v) is 10.9. The molecule has 0 bridgehead atoms. The standard InChI is InChI=1S/C16H18N2O/c1-2-7-16-15(6-1)13(12-19-16)11-17-10-8-14-5-3-4-9-18-14/h1-7,9,13,17H,8,10-12H2. The number of nitrogens with one attached hydrogen (secondary N) is 1. The average molecular weight is 254 g/mol. The van der Waals surface area contributed by atoms with Crippen LogP contribution >= 0.6 is 0 Å². The maximum absolute atomic E-state index is 5.67. The van der Waals surface area contributed by atoms with Crippen molar-refractivity contribution < 1.29 is 4.74 Å². The van der Waals surface area contributed by atoms with Crippen molar-refractivity contribution in [3.05, 3.63) is 59.9 Å². The molecule has 0 saturated carbocycles. The van der Waals surface area contributed by atoms with Crippen LogP contribution in [0.1, 0.15) is 17.2 Å². The Morgan fingerprint density at radius 3 is 2.95 bits per heavy atom. The summed E-state index contributed by atoms with van der Waals surface area (Å²) in [5.41, 5.74) is 2.46. The van der Waals surface area contributed by atoms with Gasteiger partial charge in [0.1, 0.15) is 5.75 Å². The van der Waals surface area contributed by atoms with Gasteiger partial charge in [0.25, 0.3) is 0 Å². The van der Waals surface area contributed by atoms with Crippen molar-refractivity contribution >= 4 is 0 Å². The van der Waals surface area contributed by atoms with Crippen LogP contribution in [-0.2, 0) is 6.42 Å². The second-order valence-electron chi connectivity index (χ2n) is 4.82. The number of aromatic nitrogens is 1. The van der Waals surface area contributed by atoms with Crippen LogP contribution < -0.4 is 10.1 Å². The Morgan fingerprint density at radius 1 is 1.16 bits per heavy atom. The number of rotatable bonds is 5. The van der Waals surface area contributed by atoms with Gasteiger partial charge in [-0.3, -0.25) is 4.98 Å². The number of benzene rings is 1. The van der Waals surface area contributed by atoms with Crippen molar-refractivity contribution in [2.45, 2.75) is 12.3 Å². The zero-order chi connectivity index (χ0) is 12.9. The third kappa shape index (κ3) is 2.93. The lowest BCUT2D eigenvalue weighted by Gasteiger charge is -2.10. The van der Waals surface area contributed by atoms with Crippen LogP contribution in [0.3, 0.4) is 0 Å². The van der Waals surface area contributed by atoms with Gasteiger partial charge in [-0.1, -0.05) is 24.3 Å². The number of hydrogen-bond acceptors (Lipinski definition) is 3. The van der Waals surface area contributed by atoms with Gasteiger partial charge in [0, 0.05) is 42.9 Å². The first-order valence-corrected chi connectivity index (χ1v) is 6.76. The molecule has 2 heterocycles. The fourth-order valence-corrected chi connectivity index (χ4v) is 2.44. The number of fused-ring (bicyclic) bond motifs is 1.